The molecule has 0 saturated carbocycles. The molecule has 0 bridgehead atoms. The third-order valence-electron chi connectivity index (χ3n) is 9.47. The average Bonchev–Trinajstić information content (AvgIpc) is 3.52. The molecule has 9 nitrogen and oxygen atoms in total. The number of carbonyl (C=O) groups excluding carboxylic acids is 1. The van der Waals surface area contributed by atoms with Crippen molar-refractivity contribution in [2.75, 3.05) is 33.9 Å². The van der Waals surface area contributed by atoms with Crippen LogP contribution in [0.5, 0.6) is 11.6 Å². The Morgan fingerprint density at radius 3 is 2.57 bits per heavy atom. The SMILES string of the molecule is COc1cc(-c2nccc(-c3cccc(-c4ccc(CNC[C@H]5CCC(=O)N5)c(OC)n4)c3Cl)c2Cl)cc2c1CN(CC(O)C(C)C)CC2. The van der Waals surface area contributed by atoms with Gasteiger partial charge < -0.3 is 25.2 Å². The van der Waals surface area contributed by atoms with Crippen molar-refractivity contribution in [2.45, 2.75) is 58.3 Å². The molecule has 4 aromatic rings. The van der Waals surface area contributed by atoms with Gasteiger partial charge in [0, 0.05) is 84.8 Å². The average molecular weight is 705 g/mol. The number of methoxy groups -OCH3 is 2. The molecule has 49 heavy (non-hydrogen) atoms. The standard InChI is InChI=1S/C38H43Cl2N5O4/c1-22(2)32(46)21-45-15-13-23-16-25(17-33(48-3)30(23)20-45)37-36(40)28(12-14-42-37)27-6-5-7-29(35(27)39)31-10-8-24(38(44-31)49-4)18-41-19-26-9-11-34(47)43-26/h5-8,10,12,14,16-17,22,26,32,41,46H,9,11,13,15,18-21H2,1-4H3,(H,43,47)/t26-,32?/m1/s1. The summed E-state index contributed by atoms with van der Waals surface area (Å²) in [5, 5.41) is 17.9. The van der Waals surface area contributed by atoms with Crippen LogP contribution < -0.4 is 20.1 Å². The van der Waals surface area contributed by atoms with E-state index in [1.54, 1.807) is 20.4 Å². The van der Waals surface area contributed by atoms with Gasteiger partial charge in [-0.15, -0.1) is 0 Å². The molecule has 1 saturated heterocycles. The fraction of sp³-hybridized carbons (Fsp3) is 0.395. The van der Waals surface area contributed by atoms with E-state index in [1.165, 1.54) is 5.56 Å². The Hall–Kier alpha value is -3.73. The molecule has 2 aromatic heterocycles. The van der Waals surface area contributed by atoms with Crippen molar-refractivity contribution < 1.29 is 19.4 Å². The van der Waals surface area contributed by atoms with Crippen LogP contribution in [0.3, 0.4) is 0 Å². The first-order chi connectivity index (χ1) is 23.7. The van der Waals surface area contributed by atoms with Gasteiger partial charge >= 0.3 is 0 Å². The molecule has 3 N–H and O–H groups in total. The van der Waals surface area contributed by atoms with Crippen LogP contribution in [0, 0.1) is 5.92 Å². The predicted molar refractivity (Wildman–Crippen MR) is 194 cm³/mol. The van der Waals surface area contributed by atoms with Crippen LogP contribution in [0.1, 0.15) is 43.4 Å². The first-order valence-electron chi connectivity index (χ1n) is 16.7. The van der Waals surface area contributed by atoms with E-state index < -0.39 is 0 Å². The molecule has 0 aliphatic carbocycles. The number of nitrogens with one attached hydrogen (secondary N) is 2. The van der Waals surface area contributed by atoms with Gasteiger partial charge in [0.25, 0.3) is 0 Å². The van der Waals surface area contributed by atoms with E-state index in [1.807, 2.05) is 56.3 Å². The summed E-state index contributed by atoms with van der Waals surface area (Å²) in [5.41, 5.74) is 7.70. The molecule has 4 heterocycles. The number of aliphatic hydroxyl groups is 1. The summed E-state index contributed by atoms with van der Waals surface area (Å²) in [6, 6.07) is 15.9. The lowest BCUT2D eigenvalue weighted by molar-refractivity contribution is -0.119. The number of halogens is 2. The largest absolute Gasteiger partial charge is 0.496 e. The van der Waals surface area contributed by atoms with Crippen LogP contribution in [0.4, 0.5) is 0 Å². The van der Waals surface area contributed by atoms with E-state index in [2.05, 4.69) is 21.6 Å². The molecule has 6 rings (SSSR count). The van der Waals surface area contributed by atoms with Crippen molar-refractivity contribution in [2.24, 2.45) is 5.92 Å². The number of ether oxygens (including phenoxy) is 2. The van der Waals surface area contributed by atoms with Crippen LogP contribution in [0.25, 0.3) is 33.6 Å². The van der Waals surface area contributed by atoms with Gasteiger partial charge in [-0.25, -0.2) is 4.98 Å². The molecule has 2 atom stereocenters. The van der Waals surface area contributed by atoms with Crippen molar-refractivity contribution in [1.82, 2.24) is 25.5 Å². The Kier molecular flexibility index (Phi) is 11.1. The number of rotatable bonds is 12. The van der Waals surface area contributed by atoms with Gasteiger partial charge in [0.1, 0.15) is 5.75 Å². The van der Waals surface area contributed by atoms with E-state index in [4.69, 9.17) is 42.6 Å². The zero-order valence-electron chi connectivity index (χ0n) is 28.4. The number of pyridine rings is 2. The summed E-state index contributed by atoms with van der Waals surface area (Å²) in [6.07, 6.45) is 3.62. The van der Waals surface area contributed by atoms with Crippen LogP contribution >= 0.6 is 23.2 Å². The van der Waals surface area contributed by atoms with E-state index in [0.717, 1.165) is 58.5 Å². The minimum atomic E-state index is -0.374. The lowest BCUT2D eigenvalue weighted by Crippen LogP contribution is -2.38. The third kappa shape index (κ3) is 7.71. The van der Waals surface area contributed by atoms with E-state index in [-0.39, 0.29) is 24.0 Å². The number of hydrogen-bond acceptors (Lipinski definition) is 8. The Balaban J connectivity index is 1.26. The second-order valence-corrected chi connectivity index (χ2v) is 13.9. The third-order valence-corrected chi connectivity index (χ3v) is 10.3. The summed E-state index contributed by atoms with van der Waals surface area (Å²) in [6.45, 7) is 7.50. The second kappa shape index (κ2) is 15.4. The van der Waals surface area contributed by atoms with Gasteiger partial charge in [0.15, 0.2) is 0 Å². The smallest absolute Gasteiger partial charge is 0.220 e. The van der Waals surface area contributed by atoms with Gasteiger partial charge in [-0.05, 0) is 48.6 Å². The molecule has 2 aromatic carbocycles. The number of amides is 1. The number of β-amino-alcohol motifs (C(OH)–C–C–N with tert-alkyl or cyclic N) is 1. The molecule has 1 fully saturated rings. The van der Waals surface area contributed by atoms with Gasteiger partial charge in [-0.2, -0.15) is 0 Å². The minimum absolute atomic E-state index is 0.101. The lowest BCUT2D eigenvalue weighted by Gasteiger charge is -2.32. The topological polar surface area (TPSA) is 109 Å². The molecular formula is C38H43Cl2N5O4. The van der Waals surface area contributed by atoms with Crippen molar-refractivity contribution in [3.8, 4) is 45.3 Å². The molecule has 2 aliphatic heterocycles. The summed E-state index contributed by atoms with van der Waals surface area (Å²) >= 11 is 14.3. The predicted octanol–water partition coefficient (Wildman–Crippen LogP) is 6.54. The number of hydrogen-bond donors (Lipinski definition) is 3. The maximum Gasteiger partial charge on any atom is 0.220 e. The van der Waals surface area contributed by atoms with E-state index in [9.17, 15) is 9.90 Å². The van der Waals surface area contributed by atoms with E-state index >= 15 is 0 Å². The number of aliphatic hydroxyl groups excluding tert-OH is 1. The molecule has 0 radical (unpaired) electrons. The lowest BCUT2D eigenvalue weighted by atomic mass is 9.93. The first-order valence-corrected chi connectivity index (χ1v) is 17.5. The Bertz CT molecular complexity index is 1820. The maximum atomic E-state index is 11.5. The Morgan fingerprint density at radius 1 is 1.04 bits per heavy atom. The minimum Gasteiger partial charge on any atom is -0.496 e. The zero-order valence-corrected chi connectivity index (χ0v) is 29.9. The molecular weight excluding hydrogens is 661 g/mol. The van der Waals surface area contributed by atoms with Crippen LogP contribution in [-0.2, 0) is 24.3 Å². The fourth-order valence-corrected chi connectivity index (χ4v) is 7.22. The number of carbonyl (C=O) groups is 1. The fourth-order valence-electron chi connectivity index (χ4n) is 6.57. The quantitative estimate of drug-likeness (QED) is 0.153. The maximum absolute atomic E-state index is 11.5. The second-order valence-electron chi connectivity index (χ2n) is 13.1. The zero-order chi connectivity index (χ0) is 34.7. The summed E-state index contributed by atoms with van der Waals surface area (Å²) in [5.74, 6) is 1.59. The van der Waals surface area contributed by atoms with Crippen molar-refractivity contribution >= 4 is 29.1 Å². The van der Waals surface area contributed by atoms with Gasteiger partial charge in [0.05, 0.1) is 41.8 Å². The van der Waals surface area contributed by atoms with Crippen molar-refractivity contribution in [1.29, 1.82) is 0 Å². The highest BCUT2D eigenvalue weighted by Gasteiger charge is 2.25. The number of fused-ring (bicyclic) bond motifs is 1. The van der Waals surface area contributed by atoms with Crippen LogP contribution in [-0.4, -0.2) is 71.9 Å². The van der Waals surface area contributed by atoms with Gasteiger partial charge in [0.2, 0.25) is 11.8 Å². The highest BCUT2D eigenvalue weighted by atomic mass is 35.5. The van der Waals surface area contributed by atoms with Crippen LogP contribution in [0.15, 0.2) is 54.7 Å². The Labute approximate surface area is 298 Å². The highest BCUT2D eigenvalue weighted by Crippen LogP contribution is 2.43. The normalized spacial score (nSPS) is 16.8. The summed E-state index contributed by atoms with van der Waals surface area (Å²) < 4.78 is 11.5. The molecule has 1 unspecified atom stereocenters. The molecule has 0 spiro atoms. The molecule has 11 heteroatoms. The molecule has 258 valence electrons. The monoisotopic (exact) mass is 703 g/mol. The molecule has 1 amide bonds. The number of benzene rings is 2. The first kappa shape index (κ1) is 35.1. The summed E-state index contributed by atoms with van der Waals surface area (Å²) in [7, 11) is 3.29. The highest BCUT2D eigenvalue weighted by molar-refractivity contribution is 6.39. The number of nitrogens with zero attached hydrogens (tertiary/aromatic N) is 3. The van der Waals surface area contributed by atoms with Crippen molar-refractivity contribution in [3.05, 3.63) is 81.5 Å². The number of aromatic nitrogens is 2. The molecule has 2 aliphatic rings. The van der Waals surface area contributed by atoms with Gasteiger partial charge in [-0.1, -0.05) is 61.3 Å². The summed E-state index contributed by atoms with van der Waals surface area (Å²) in [4.78, 5) is 23.3. The van der Waals surface area contributed by atoms with Gasteiger partial charge in [-0.3, -0.25) is 14.7 Å². The van der Waals surface area contributed by atoms with E-state index in [0.29, 0.717) is 59.9 Å². The van der Waals surface area contributed by atoms with Crippen LogP contribution in [0.2, 0.25) is 10.0 Å². The Morgan fingerprint density at radius 2 is 1.84 bits per heavy atom. The van der Waals surface area contributed by atoms with Crippen molar-refractivity contribution in [3.63, 3.8) is 0 Å².